The van der Waals surface area contributed by atoms with Crippen molar-refractivity contribution in [2.45, 2.75) is 58.5 Å². The smallest absolute Gasteiger partial charge is 0.103 e. The van der Waals surface area contributed by atoms with Gasteiger partial charge in [0.15, 0.2) is 0 Å². The van der Waals surface area contributed by atoms with Crippen LogP contribution in [0.2, 0.25) is 0 Å². The first-order valence-electron chi connectivity index (χ1n) is 6.37. The minimum atomic E-state index is -0.366. The Labute approximate surface area is 101 Å². The Morgan fingerprint density at radius 1 is 1.44 bits per heavy atom. The van der Waals surface area contributed by atoms with E-state index in [1.807, 2.05) is 14.0 Å². The molecule has 0 bridgehead atoms. The highest BCUT2D eigenvalue weighted by Crippen LogP contribution is 2.12. The highest BCUT2D eigenvalue weighted by Gasteiger charge is 2.21. The molecular weight excluding hydrogens is 198 g/mol. The van der Waals surface area contributed by atoms with E-state index in [1.54, 1.807) is 0 Å². The lowest BCUT2D eigenvalue weighted by atomic mass is 9.97. The van der Waals surface area contributed by atoms with Crippen LogP contribution in [-0.2, 0) is 0 Å². The Balaban J connectivity index is 4.01. The lowest BCUT2D eigenvalue weighted by Gasteiger charge is -2.28. The van der Waals surface area contributed by atoms with E-state index in [4.69, 9.17) is 5.26 Å². The Morgan fingerprint density at radius 2 is 2.06 bits per heavy atom. The molecule has 0 spiro atoms. The third kappa shape index (κ3) is 4.96. The van der Waals surface area contributed by atoms with Gasteiger partial charge in [-0.3, -0.25) is 0 Å². The molecule has 0 aliphatic rings. The molecule has 0 rings (SSSR count). The number of rotatable bonds is 8. The maximum Gasteiger partial charge on any atom is 0.103 e. The number of nitrogens with zero attached hydrogens (tertiary/aromatic N) is 2. The van der Waals surface area contributed by atoms with Gasteiger partial charge in [-0.2, -0.15) is 5.26 Å². The van der Waals surface area contributed by atoms with E-state index < -0.39 is 0 Å². The second-order valence-electron chi connectivity index (χ2n) is 4.68. The highest BCUT2D eigenvalue weighted by molar-refractivity contribution is 5.02. The summed E-state index contributed by atoms with van der Waals surface area (Å²) in [6, 6.07) is 2.98. The molecule has 0 amide bonds. The fourth-order valence-electron chi connectivity index (χ4n) is 1.82. The molecule has 0 heterocycles. The first kappa shape index (κ1) is 15.4. The zero-order valence-corrected chi connectivity index (χ0v) is 11.5. The largest absolute Gasteiger partial charge is 0.303 e. The van der Waals surface area contributed by atoms with Crippen molar-refractivity contribution in [1.29, 1.82) is 5.26 Å². The Kier molecular flexibility index (Phi) is 7.36. The van der Waals surface area contributed by atoms with Crippen molar-refractivity contribution in [1.82, 2.24) is 10.2 Å². The molecule has 2 unspecified atom stereocenters. The summed E-state index contributed by atoms with van der Waals surface area (Å²) in [4.78, 5) is 2.48. The molecule has 0 fully saturated rings. The van der Waals surface area contributed by atoms with Crippen molar-refractivity contribution >= 4 is 0 Å². The molecule has 94 valence electrons. The molecule has 0 saturated heterocycles. The van der Waals surface area contributed by atoms with E-state index >= 15 is 0 Å². The van der Waals surface area contributed by atoms with E-state index in [0.29, 0.717) is 6.04 Å². The fourth-order valence-corrected chi connectivity index (χ4v) is 1.82. The predicted octanol–water partition coefficient (Wildman–Crippen LogP) is 2.39. The number of hydrogen-bond donors (Lipinski definition) is 1. The number of nitrogens with one attached hydrogen (secondary N) is 1. The summed E-state index contributed by atoms with van der Waals surface area (Å²) >= 11 is 0. The molecule has 0 radical (unpaired) electrons. The molecule has 3 nitrogen and oxygen atoms in total. The highest BCUT2D eigenvalue weighted by atomic mass is 15.1. The van der Waals surface area contributed by atoms with Crippen LogP contribution < -0.4 is 5.32 Å². The third-order valence-electron chi connectivity index (χ3n) is 3.54. The minimum Gasteiger partial charge on any atom is -0.303 e. The lowest BCUT2D eigenvalue weighted by Crippen LogP contribution is -2.40. The maximum absolute atomic E-state index is 9.04. The molecule has 0 aromatic heterocycles. The monoisotopic (exact) mass is 225 g/mol. The van der Waals surface area contributed by atoms with Gasteiger partial charge in [0.2, 0.25) is 0 Å². The summed E-state index contributed by atoms with van der Waals surface area (Å²) in [5.74, 6) is 0. The van der Waals surface area contributed by atoms with Crippen molar-refractivity contribution in [3.8, 4) is 6.07 Å². The molecule has 2 atom stereocenters. The summed E-state index contributed by atoms with van der Waals surface area (Å²) in [5, 5.41) is 12.1. The predicted molar refractivity (Wildman–Crippen MR) is 69.3 cm³/mol. The van der Waals surface area contributed by atoms with Gasteiger partial charge in [0.1, 0.15) is 5.54 Å². The molecule has 0 saturated carbocycles. The second kappa shape index (κ2) is 7.65. The standard InChI is InChI=1S/C13H27N3/c1-6-12(3)16(7-2)10-8-9-13(4,11-14)15-5/h12,15H,6-10H2,1-5H3. The number of nitriles is 1. The average molecular weight is 225 g/mol. The molecule has 3 heteroatoms. The van der Waals surface area contributed by atoms with Gasteiger partial charge in [0.05, 0.1) is 6.07 Å². The van der Waals surface area contributed by atoms with Gasteiger partial charge in [-0.05, 0) is 53.2 Å². The minimum absolute atomic E-state index is 0.366. The maximum atomic E-state index is 9.04. The van der Waals surface area contributed by atoms with Crippen LogP contribution in [-0.4, -0.2) is 36.6 Å². The third-order valence-corrected chi connectivity index (χ3v) is 3.54. The van der Waals surface area contributed by atoms with Crippen LogP contribution in [0.3, 0.4) is 0 Å². The molecule has 0 aromatic rings. The summed E-state index contributed by atoms with van der Waals surface area (Å²) in [6.45, 7) is 10.8. The Bertz CT molecular complexity index is 222. The van der Waals surface area contributed by atoms with Crippen LogP contribution in [0.25, 0.3) is 0 Å². The van der Waals surface area contributed by atoms with Crippen molar-refractivity contribution in [3.05, 3.63) is 0 Å². The second-order valence-corrected chi connectivity index (χ2v) is 4.68. The van der Waals surface area contributed by atoms with Gasteiger partial charge in [0.25, 0.3) is 0 Å². The van der Waals surface area contributed by atoms with Gasteiger partial charge in [-0.1, -0.05) is 13.8 Å². The summed E-state index contributed by atoms with van der Waals surface area (Å²) in [6.07, 6.45) is 3.17. The van der Waals surface area contributed by atoms with E-state index in [-0.39, 0.29) is 5.54 Å². The van der Waals surface area contributed by atoms with E-state index in [9.17, 15) is 0 Å². The lowest BCUT2D eigenvalue weighted by molar-refractivity contribution is 0.205. The van der Waals surface area contributed by atoms with Gasteiger partial charge < -0.3 is 10.2 Å². The molecule has 0 aromatic carbocycles. The summed E-state index contributed by atoms with van der Waals surface area (Å²) in [7, 11) is 1.86. The normalized spacial score (nSPS) is 16.8. The summed E-state index contributed by atoms with van der Waals surface area (Å²) in [5.41, 5.74) is -0.366. The first-order valence-corrected chi connectivity index (χ1v) is 6.37. The van der Waals surface area contributed by atoms with Gasteiger partial charge in [-0.15, -0.1) is 0 Å². The van der Waals surface area contributed by atoms with Crippen LogP contribution in [0.15, 0.2) is 0 Å². The zero-order valence-electron chi connectivity index (χ0n) is 11.5. The fraction of sp³-hybridized carbons (Fsp3) is 0.923. The molecule has 0 aliphatic heterocycles. The van der Waals surface area contributed by atoms with Gasteiger partial charge >= 0.3 is 0 Å². The van der Waals surface area contributed by atoms with Crippen molar-refractivity contribution in [2.24, 2.45) is 0 Å². The van der Waals surface area contributed by atoms with Crippen molar-refractivity contribution < 1.29 is 0 Å². The molecule has 1 N–H and O–H groups in total. The quantitative estimate of drug-likeness (QED) is 0.689. The van der Waals surface area contributed by atoms with E-state index in [0.717, 1.165) is 25.9 Å². The zero-order chi connectivity index (χ0) is 12.6. The summed E-state index contributed by atoms with van der Waals surface area (Å²) < 4.78 is 0. The van der Waals surface area contributed by atoms with Crippen LogP contribution in [0.4, 0.5) is 0 Å². The Morgan fingerprint density at radius 3 is 2.44 bits per heavy atom. The van der Waals surface area contributed by atoms with Gasteiger partial charge in [-0.25, -0.2) is 0 Å². The van der Waals surface area contributed by atoms with Crippen LogP contribution >= 0.6 is 0 Å². The number of hydrogen-bond acceptors (Lipinski definition) is 3. The SMILES string of the molecule is CCC(C)N(CC)CCCC(C)(C#N)NC. The van der Waals surface area contributed by atoms with Gasteiger partial charge in [0, 0.05) is 6.04 Å². The topological polar surface area (TPSA) is 39.1 Å². The first-order chi connectivity index (χ1) is 7.52. The molecule has 0 aliphatic carbocycles. The van der Waals surface area contributed by atoms with Crippen LogP contribution in [0.5, 0.6) is 0 Å². The molecular formula is C13H27N3. The van der Waals surface area contributed by atoms with Crippen LogP contribution in [0.1, 0.15) is 47.0 Å². The average Bonchev–Trinajstić information content (AvgIpc) is 2.33. The van der Waals surface area contributed by atoms with E-state index in [1.165, 1.54) is 6.42 Å². The van der Waals surface area contributed by atoms with E-state index in [2.05, 4.69) is 37.1 Å². The van der Waals surface area contributed by atoms with Crippen LogP contribution in [0, 0.1) is 11.3 Å². The van der Waals surface area contributed by atoms with Crippen molar-refractivity contribution in [3.63, 3.8) is 0 Å². The Hall–Kier alpha value is -0.590. The molecule has 16 heavy (non-hydrogen) atoms. The van der Waals surface area contributed by atoms with Crippen molar-refractivity contribution in [2.75, 3.05) is 20.1 Å².